The van der Waals surface area contributed by atoms with Gasteiger partial charge in [-0.25, -0.2) is 4.79 Å². The van der Waals surface area contributed by atoms with Gasteiger partial charge in [0.2, 0.25) is 5.91 Å². The molecule has 19 heavy (non-hydrogen) atoms. The van der Waals surface area contributed by atoms with Gasteiger partial charge in [-0.15, -0.1) is 0 Å². The van der Waals surface area contributed by atoms with E-state index in [0.29, 0.717) is 17.2 Å². The summed E-state index contributed by atoms with van der Waals surface area (Å²) in [6.07, 6.45) is 0. The molecule has 0 unspecified atom stereocenters. The van der Waals surface area contributed by atoms with Crippen molar-refractivity contribution in [1.29, 1.82) is 0 Å². The maximum Gasteiger partial charge on any atom is 0.329 e. The SMILES string of the molecule is COc1ccc(OC)c(NC(=O)COCC(=O)O)c1. The molecule has 0 aliphatic rings. The van der Waals surface area contributed by atoms with Crippen molar-refractivity contribution in [1.82, 2.24) is 0 Å². The lowest BCUT2D eigenvalue weighted by Gasteiger charge is -2.11. The molecule has 7 heteroatoms. The lowest BCUT2D eigenvalue weighted by Crippen LogP contribution is -2.21. The van der Waals surface area contributed by atoms with Crippen LogP contribution in [0.2, 0.25) is 0 Å². The molecule has 0 aromatic heterocycles. The molecule has 1 amide bonds. The van der Waals surface area contributed by atoms with Gasteiger partial charge in [0.25, 0.3) is 0 Å². The summed E-state index contributed by atoms with van der Waals surface area (Å²) >= 11 is 0. The summed E-state index contributed by atoms with van der Waals surface area (Å²) in [6.45, 7) is -0.880. The Labute approximate surface area is 110 Å². The number of amides is 1. The van der Waals surface area contributed by atoms with E-state index in [0.717, 1.165) is 0 Å². The second kappa shape index (κ2) is 7.22. The molecule has 0 saturated heterocycles. The van der Waals surface area contributed by atoms with Crippen LogP contribution in [0.3, 0.4) is 0 Å². The molecule has 0 atom stereocenters. The molecule has 0 spiro atoms. The third-order valence-electron chi connectivity index (χ3n) is 2.14. The number of methoxy groups -OCH3 is 2. The molecule has 1 rings (SSSR count). The van der Waals surface area contributed by atoms with Crippen LogP contribution >= 0.6 is 0 Å². The van der Waals surface area contributed by atoms with Crippen molar-refractivity contribution in [3.63, 3.8) is 0 Å². The van der Waals surface area contributed by atoms with Crippen molar-refractivity contribution in [2.24, 2.45) is 0 Å². The third-order valence-corrected chi connectivity index (χ3v) is 2.14. The molecule has 104 valence electrons. The lowest BCUT2D eigenvalue weighted by molar-refractivity contribution is -0.143. The number of benzene rings is 1. The molecule has 0 fully saturated rings. The molecule has 0 bridgehead atoms. The number of carbonyl (C=O) groups is 2. The summed E-state index contributed by atoms with van der Waals surface area (Å²) in [7, 11) is 2.97. The van der Waals surface area contributed by atoms with Gasteiger partial charge in [0, 0.05) is 6.07 Å². The highest BCUT2D eigenvalue weighted by molar-refractivity contribution is 5.93. The van der Waals surface area contributed by atoms with Gasteiger partial charge in [0.1, 0.15) is 24.7 Å². The summed E-state index contributed by atoms with van der Waals surface area (Å²) in [5, 5.41) is 10.9. The zero-order chi connectivity index (χ0) is 14.3. The smallest absolute Gasteiger partial charge is 0.329 e. The fraction of sp³-hybridized carbons (Fsp3) is 0.333. The van der Waals surface area contributed by atoms with E-state index < -0.39 is 18.5 Å². The maximum absolute atomic E-state index is 11.5. The van der Waals surface area contributed by atoms with Gasteiger partial charge in [-0.2, -0.15) is 0 Å². The zero-order valence-corrected chi connectivity index (χ0v) is 10.6. The molecule has 0 aliphatic heterocycles. The van der Waals surface area contributed by atoms with Gasteiger partial charge < -0.3 is 24.6 Å². The zero-order valence-electron chi connectivity index (χ0n) is 10.6. The van der Waals surface area contributed by atoms with Crippen LogP contribution in [0.15, 0.2) is 18.2 Å². The van der Waals surface area contributed by atoms with E-state index in [1.807, 2.05) is 0 Å². The van der Waals surface area contributed by atoms with Crippen molar-refractivity contribution in [3.8, 4) is 11.5 Å². The molecular formula is C12H15NO6. The van der Waals surface area contributed by atoms with Crippen LogP contribution in [0.5, 0.6) is 11.5 Å². The maximum atomic E-state index is 11.5. The van der Waals surface area contributed by atoms with Crippen LogP contribution in [0, 0.1) is 0 Å². The number of nitrogens with one attached hydrogen (secondary N) is 1. The van der Waals surface area contributed by atoms with Crippen LogP contribution in [0.1, 0.15) is 0 Å². The van der Waals surface area contributed by atoms with Crippen molar-refractivity contribution in [3.05, 3.63) is 18.2 Å². The number of rotatable bonds is 7. The lowest BCUT2D eigenvalue weighted by atomic mass is 10.2. The third kappa shape index (κ3) is 4.84. The summed E-state index contributed by atoms with van der Waals surface area (Å²) in [5.74, 6) is -0.588. The van der Waals surface area contributed by atoms with Crippen molar-refractivity contribution < 1.29 is 28.9 Å². The number of ether oxygens (including phenoxy) is 3. The van der Waals surface area contributed by atoms with Crippen molar-refractivity contribution in [2.75, 3.05) is 32.8 Å². The van der Waals surface area contributed by atoms with E-state index >= 15 is 0 Å². The molecule has 1 aromatic carbocycles. The average molecular weight is 269 g/mol. The summed E-state index contributed by atoms with van der Waals surface area (Å²) in [4.78, 5) is 21.8. The predicted molar refractivity (Wildman–Crippen MR) is 66.6 cm³/mol. The molecule has 0 saturated carbocycles. The molecule has 7 nitrogen and oxygen atoms in total. The van der Waals surface area contributed by atoms with Crippen LogP contribution < -0.4 is 14.8 Å². The van der Waals surface area contributed by atoms with Gasteiger partial charge >= 0.3 is 5.97 Å². The first-order valence-electron chi connectivity index (χ1n) is 5.38. The van der Waals surface area contributed by atoms with E-state index in [4.69, 9.17) is 14.6 Å². The van der Waals surface area contributed by atoms with E-state index in [-0.39, 0.29) is 6.61 Å². The fourth-order valence-electron chi connectivity index (χ4n) is 1.33. The summed E-state index contributed by atoms with van der Waals surface area (Å²) in [5.41, 5.74) is 0.422. The minimum atomic E-state index is -1.13. The number of carboxylic acid groups (broad SMARTS) is 1. The monoisotopic (exact) mass is 269 g/mol. The van der Waals surface area contributed by atoms with Crippen LogP contribution in [0.4, 0.5) is 5.69 Å². The molecule has 1 aromatic rings. The quantitative estimate of drug-likeness (QED) is 0.758. The number of anilines is 1. The van der Waals surface area contributed by atoms with Gasteiger partial charge in [0.15, 0.2) is 0 Å². The summed E-state index contributed by atoms with van der Waals surface area (Å²) in [6, 6.07) is 4.93. The van der Waals surface area contributed by atoms with Gasteiger partial charge in [-0.1, -0.05) is 0 Å². The van der Waals surface area contributed by atoms with Gasteiger partial charge in [-0.3, -0.25) is 4.79 Å². The number of aliphatic carboxylic acids is 1. The largest absolute Gasteiger partial charge is 0.497 e. The van der Waals surface area contributed by atoms with Gasteiger partial charge in [-0.05, 0) is 12.1 Å². The van der Waals surface area contributed by atoms with E-state index in [2.05, 4.69) is 10.1 Å². The molecule has 0 heterocycles. The van der Waals surface area contributed by atoms with E-state index in [9.17, 15) is 9.59 Å². The highest BCUT2D eigenvalue weighted by Gasteiger charge is 2.09. The van der Waals surface area contributed by atoms with Crippen molar-refractivity contribution >= 4 is 17.6 Å². The highest BCUT2D eigenvalue weighted by Crippen LogP contribution is 2.28. The Morgan fingerprint density at radius 1 is 1.21 bits per heavy atom. The predicted octanol–water partition coefficient (Wildman–Crippen LogP) is 0.743. The fourth-order valence-corrected chi connectivity index (χ4v) is 1.33. The van der Waals surface area contributed by atoms with Crippen LogP contribution in [-0.4, -0.2) is 44.4 Å². The first kappa shape index (κ1) is 14.8. The first-order valence-corrected chi connectivity index (χ1v) is 5.38. The molecule has 0 radical (unpaired) electrons. The second-order valence-corrected chi connectivity index (χ2v) is 3.50. The highest BCUT2D eigenvalue weighted by atomic mass is 16.5. The summed E-state index contributed by atoms with van der Waals surface area (Å²) < 4.78 is 14.8. The van der Waals surface area contributed by atoms with Gasteiger partial charge in [0.05, 0.1) is 19.9 Å². The Hall–Kier alpha value is -2.28. The molecule has 2 N–H and O–H groups in total. The first-order chi connectivity index (χ1) is 9.06. The van der Waals surface area contributed by atoms with E-state index in [1.54, 1.807) is 18.2 Å². The Bertz CT molecular complexity index is 460. The Morgan fingerprint density at radius 3 is 2.53 bits per heavy atom. The normalized spacial score (nSPS) is 9.79. The average Bonchev–Trinajstić information content (AvgIpc) is 2.38. The molecular weight excluding hydrogens is 254 g/mol. The van der Waals surface area contributed by atoms with Crippen molar-refractivity contribution in [2.45, 2.75) is 0 Å². The Kier molecular flexibility index (Phi) is 5.62. The number of hydrogen-bond acceptors (Lipinski definition) is 5. The molecule has 0 aliphatic carbocycles. The second-order valence-electron chi connectivity index (χ2n) is 3.50. The number of carbonyl (C=O) groups excluding carboxylic acids is 1. The van der Waals surface area contributed by atoms with Crippen LogP contribution in [0.25, 0.3) is 0 Å². The standard InChI is InChI=1S/C12H15NO6/c1-17-8-3-4-10(18-2)9(5-8)13-11(14)6-19-7-12(15)16/h3-5H,6-7H2,1-2H3,(H,13,14)(H,15,16). The minimum Gasteiger partial charge on any atom is -0.497 e. The Morgan fingerprint density at radius 2 is 1.95 bits per heavy atom. The topological polar surface area (TPSA) is 94.1 Å². The van der Waals surface area contributed by atoms with Crippen LogP contribution in [-0.2, 0) is 14.3 Å². The number of hydrogen-bond donors (Lipinski definition) is 2. The Balaban J connectivity index is 2.64. The number of carboxylic acids is 1. The minimum absolute atomic E-state index is 0.354. The van der Waals surface area contributed by atoms with E-state index in [1.165, 1.54) is 14.2 Å².